The summed E-state index contributed by atoms with van der Waals surface area (Å²) in [4.78, 5) is 11.5. The number of rotatable bonds is 0. The van der Waals surface area contributed by atoms with Gasteiger partial charge in [-0.2, -0.15) is 0 Å². The molecule has 0 amide bonds. The molecule has 1 heterocycles. The van der Waals surface area contributed by atoms with Gasteiger partial charge in [-0.15, -0.1) is 0 Å². The van der Waals surface area contributed by atoms with Gasteiger partial charge in [-0.05, 0) is 39.0 Å². The number of carbonyl (C=O) groups excluding carboxylic acids is 1. The van der Waals surface area contributed by atoms with Crippen LogP contribution in [0.25, 0.3) is 0 Å². The summed E-state index contributed by atoms with van der Waals surface area (Å²) in [7, 11) is 0. The molecule has 0 saturated carbocycles. The third-order valence-corrected chi connectivity index (χ3v) is 3.49. The molecule has 18 heavy (non-hydrogen) atoms. The molecule has 0 N–H and O–H groups in total. The maximum atomic E-state index is 11.5. The fourth-order valence-corrected chi connectivity index (χ4v) is 2.32. The van der Waals surface area contributed by atoms with Crippen LogP contribution in [-0.4, -0.2) is 12.1 Å². The van der Waals surface area contributed by atoms with Crippen LogP contribution in [0.2, 0.25) is 0 Å². The second kappa shape index (κ2) is 10.2. The average molecular weight is 252 g/mol. The Morgan fingerprint density at radius 2 is 1.56 bits per heavy atom. The molecule has 0 aromatic heterocycles. The summed E-state index contributed by atoms with van der Waals surface area (Å²) >= 11 is 0. The van der Waals surface area contributed by atoms with Crippen LogP contribution in [0.3, 0.4) is 0 Å². The number of hydrogen-bond acceptors (Lipinski definition) is 2. The van der Waals surface area contributed by atoms with Gasteiger partial charge in [-0.1, -0.05) is 44.3 Å². The first-order chi connectivity index (χ1) is 8.79. The van der Waals surface area contributed by atoms with Crippen molar-refractivity contribution in [1.29, 1.82) is 0 Å². The van der Waals surface area contributed by atoms with E-state index in [2.05, 4.69) is 12.2 Å². The maximum absolute atomic E-state index is 11.5. The molecular formula is C16H28O2. The van der Waals surface area contributed by atoms with Gasteiger partial charge in [0.2, 0.25) is 0 Å². The van der Waals surface area contributed by atoms with Crippen molar-refractivity contribution >= 4 is 5.97 Å². The van der Waals surface area contributed by atoms with Gasteiger partial charge in [0.25, 0.3) is 0 Å². The molecule has 0 saturated heterocycles. The third-order valence-electron chi connectivity index (χ3n) is 3.49. The van der Waals surface area contributed by atoms with E-state index in [4.69, 9.17) is 4.74 Å². The Morgan fingerprint density at radius 3 is 2.33 bits per heavy atom. The van der Waals surface area contributed by atoms with Gasteiger partial charge in [0, 0.05) is 6.42 Å². The second-order valence-corrected chi connectivity index (χ2v) is 5.36. The Kier molecular flexibility index (Phi) is 8.62. The van der Waals surface area contributed by atoms with Crippen LogP contribution >= 0.6 is 0 Å². The lowest BCUT2D eigenvalue weighted by Gasteiger charge is -2.12. The molecule has 2 nitrogen and oxygen atoms in total. The smallest absolute Gasteiger partial charge is 0.306 e. The monoisotopic (exact) mass is 252 g/mol. The fraction of sp³-hybridized carbons (Fsp3) is 0.812. The van der Waals surface area contributed by atoms with Crippen molar-refractivity contribution < 1.29 is 9.53 Å². The molecule has 1 aliphatic rings. The van der Waals surface area contributed by atoms with Crippen molar-refractivity contribution in [2.45, 2.75) is 83.7 Å². The Labute approximate surface area is 112 Å². The van der Waals surface area contributed by atoms with Crippen LogP contribution in [0.4, 0.5) is 0 Å². The van der Waals surface area contributed by atoms with E-state index in [1.165, 1.54) is 44.9 Å². The summed E-state index contributed by atoms with van der Waals surface area (Å²) in [6, 6.07) is 0. The van der Waals surface area contributed by atoms with E-state index in [0.29, 0.717) is 6.42 Å². The van der Waals surface area contributed by atoms with E-state index in [1.807, 2.05) is 6.92 Å². The minimum Gasteiger partial charge on any atom is -0.463 e. The Bertz CT molecular complexity index is 245. The Morgan fingerprint density at radius 1 is 0.944 bits per heavy atom. The number of carbonyl (C=O) groups is 1. The standard InChI is InChI=1S/C16H28O2/c1-15-13-11-9-7-5-3-2-4-6-8-10-12-14-16(17)18-15/h7,9,15H,2-6,8,10-14H2,1H3/b9-7+. The van der Waals surface area contributed by atoms with E-state index in [0.717, 1.165) is 19.3 Å². The molecule has 0 spiro atoms. The van der Waals surface area contributed by atoms with Crippen LogP contribution in [0, 0.1) is 0 Å². The third kappa shape index (κ3) is 8.32. The number of esters is 1. The second-order valence-electron chi connectivity index (χ2n) is 5.36. The predicted molar refractivity (Wildman–Crippen MR) is 75.5 cm³/mol. The van der Waals surface area contributed by atoms with Crippen molar-refractivity contribution in [2.24, 2.45) is 0 Å². The quantitative estimate of drug-likeness (QED) is 0.458. The van der Waals surface area contributed by atoms with Crippen LogP contribution in [-0.2, 0) is 9.53 Å². The van der Waals surface area contributed by atoms with Gasteiger partial charge >= 0.3 is 5.97 Å². The molecule has 0 aliphatic carbocycles. The van der Waals surface area contributed by atoms with Crippen LogP contribution in [0.15, 0.2) is 12.2 Å². The van der Waals surface area contributed by atoms with E-state index in [1.54, 1.807) is 0 Å². The highest BCUT2D eigenvalue weighted by Gasteiger charge is 2.08. The van der Waals surface area contributed by atoms with Crippen LogP contribution < -0.4 is 0 Å². The van der Waals surface area contributed by atoms with Crippen molar-refractivity contribution in [3.05, 3.63) is 12.2 Å². The first kappa shape index (κ1) is 15.3. The fourth-order valence-electron chi connectivity index (χ4n) is 2.32. The molecule has 0 bridgehead atoms. The summed E-state index contributed by atoms with van der Waals surface area (Å²) in [5.74, 6) is -0.0152. The molecule has 0 aromatic rings. The van der Waals surface area contributed by atoms with Gasteiger partial charge in [-0.25, -0.2) is 0 Å². The summed E-state index contributed by atoms with van der Waals surface area (Å²) < 4.78 is 5.38. The molecule has 0 radical (unpaired) electrons. The van der Waals surface area contributed by atoms with E-state index >= 15 is 0 Å². The SMILES string of the molecule is CC1CC/C=C/CCCCCCCCCC(=O)O1. The zero-order chi connectivity index (χ0) is 13.1. The molecular weight excluding hydrogens is 224 g/mol. The summed E-state index contributed by atoms with van der Waals surface area (Å²) in [6.07, 6.45) is 17.1. The number of ether oxygens (including phenoxy) is 1. The molecule has 1 aliphatic heterocycles. The molecule has 104 valence electrons. The summed E-state index contributed by atoms with van der Waals surface area (Å²) in [5.41, 5.74) is 0. The predicted octanol–water partition coefficient (Wildman–Crippen LogP) is 4.78. The van der Waals surface area contributed by atoms with Crippen molar-refractivity contribution in [1.82, 2.24) is 0 Å². The van der Waals surface area contributed by atoms with Gasteiger partial charge in [-0.3, -0.25) is 4.79 Å². The molecule has 2 heteroatoms. The van der Waals surface area contributed by atoms with Gasteiger partial charge in [0.05, 0.1) is 6.10 Å². The minimum atomic E-state index is -0.0152. The lowest BCUT2D eigenvalue weighted by atomic mass is 10.1. The zero-order valence-electron chi connectivity index (χ0n) is 11.8. The highest BCUT2D eigenvalue weighted by Crippen LogP contribution is 2.12. The van der Waals surface area contributed by atoms with Crippen molar-refractivity contribution in [3.8, 4) is 0 Å². The topological polar surface area (TPSA) is 26.3 Å². The summed E-state index contributed by atoms with van der Waals surface area (Å²) in [5, 5.41) is 0. The van der Waals surface area contributed by atoms with E-state index in [9.17, 15) is 4.79 Å². The lowest BCUT2D eigenvalue weighted by Crippen LogP contribution is -2.14. The minimum absolute atomic E-state index is 0.0152. The largest absolute Gasteiger partial charge is 0.463 e. The Balaban J connectivity index is 2.29. The van der Waals surface area contributed by atoms with Gasteiger partial charge in [0.1, 0.15) is 0 Å². The van der Waals surface area contributed by atoms with E-state index in [-0.39, 0.29) is 12.1 Å². The molecule has 0 aromatic carbocycles. The highest BCUT2D eigenvalue weighted by atomic mass is 16.5. The first-order valence-electron chi connectivity index (χ1n) is 7.63. The molecule has 0 fully saturated rings. The lowest BCUT2D eigenvalue weighted by molar-refractivity contribution is -0.148. The molecule has 1 unspecified atom stereocenters. The van der Waals surface area contributed by atoms with Crippen LogP contribution in [0.1, 0.15) is 77.6 Å². The number of cyclic esters (lactones) is 1. The number of allylic oxidation sites excluding steroid dienone is 2. The van der Waals surface area contributed by atoms with Gasteiger partial charge in [0.15, 0.2) is 0 Å². The van der Waals surface area contributed by atoms with E-state index < -0.39 is 0 Å². The average Bonchev–Trinajstić information content (AvgIpc) is 2.33. The normalized spacial score (nSPS) is 27.4. The maximum Gasteiger partial charge on any atom is 0.306 e. The molecule has 1 rings (SSSR count). The molecule has 1 atom stereocenters. The first-order valence-corrected chi connectivity index (χ1v) is 7.63. The van der Waals surface area contributed by atoms with Crippen LogP contribution in [0.5, 0.6) is 0 Å². The zero-order valence-corrected chi connectivity index (χ0v) is 11.8. The number of hydrogen-bond donors (Lipinski definition) is 0. The highest BCUT2D eigenvalue weighted by molar-refractivity contribution is 5.69. The summed E-state index contributed by atoms with van der Waals surface area (Å²) in [6.45, 7) is 1.99. The van der Waals surface area contributed by atoms with Crippen molar-refractivity contribution in [2.75, 3.05) is 0 Å². The Hall–Kier alpha value is -0.790. The van der Waals surface area contributed by atoms with Gasteiger partial charge < -0.3 is 4.74 Å². The van der Waals surface area contributed by atoms with Crippen molar-refractivity contribution in [3.63, 3.8) is 0 Å².